The normalized spacial score (nSPS) is 24.5. The molecular formula is C15H19N5O3S. The Kier molecular flexibility index (Phi) is 3.76. The Morgan fingerprint density at radius 3 is 2.71 bits per heavy atom. The van der Waals surface area contributed by atoms with Crippen molar-refractivity contribution in [2.24, 2.45) is 0 Å². The van der Waals surface area contributed by atoms with Gasteiger partial charge in [0.2, 0.25) is 0 Å². The van der Waals surface area contributed by atoms with Gasteiger partial charge in [0.1, 0.15) is 5.56 Å². The SMILES string of the molecule is O=C(c1cnn2cccnc12)N1CCN([C@H]2CCS(=O)(=O)C2)CC1. The molecular weight excluding hydrogens is 330 g/mol. The van der Waals surface area contributed by atoms with Gasteiger partial charge in [0.25, 0.3) is 5.91 Å². The number of fused-ring (bicyclic) bond motifs is 1. The van der Waals surface area contributed by atoms with Gasteiger partial charge in [-0.3, -0.25) is 9.69 Å². The molecule has 0 aromatic carbocycles. The summed E-state index contributed by atoms with van der Waals surface area (Å²) >= 11 is 0. The van der Waals surface area contributed by atoms with Crippen LogP contribution >= 0.6 is 0 Å². The molecule has 1 amide bonds. The van der Waals surface area contributed by atoms with Crippen molar-refractivity contribution in [3.63, 3.8) is 0 Å². The summed E-state index contributed by atoms with van der Waals surface area (Å²) in [6.07, 6.45) is 5.67. The van der Waals surface area contributed by atoms with E-state index in [9.17, 15) is 13.2 Å². The number of rotatable bonds is 2. The first-order valence-corrected chi connectivity index (χ1v) is 9.88. The minimum atomic E-state index is -2.88. The minimum Gasteiger partial charge on any atom is -0.336 e. The average molecular weight is 349 g/mol. The van der Waals surface area contributed by atoms with E-state index in [1.165, 1.54) is 0 Å². The number of carbonyl (C=O) groups excluding carboxylic acids is 1. The third-order valence-corrected chi connectivity index (χ3v) is 6.59. The largest absolute Gasteiger partial charge is 0.336 e. The summed E-state index contributed by atoms with van der Waals surface area (Å²) in [4.78, 5) is 20.9. The van der Waals surface area contributed by atoms with Crippen molar-refractivity contribution in [3.05, 3.63) is 30.2 Å². The zero-order valence-electron chi connectivity index (χ0n) is 13.2. The molecule has 0 bridgehead atoms. The number of piperazine rings is 1. The topological polar surface area (TPSA) is 87.9 Å². The lowest BCUT2D eigenvalue weighted by Gasteiger charge is -2.37. The summed E-state index contributed by atoms with van der Waals surface area (Å²) < 4.78 is 24.8. The first kappa shape index (κ1) is 15.5. The van der Waals surface area contributed by atoms with Crippen LogP contribution in [0.5, 0.6) is 0 Å². The van der Waals surface area contributed by atoms with Crippen LogP contribution in [0.2, 0.25) is 0 Å². The molecule has 128 valence electrons. The van der Waals surface area contributed by atoms with E-state index in [1.54, 1.807) is 34.1 Å². The summed E-state index contributed by atoms with van der Waals surface area (Å²) in [5.74, 6) is 0.464. The first-order chi connectivity index (χ1) is 11.5. The lowest BCUT2D eigenvalue weighted by atomic mass is 10.1. The molecule has 0 saturated carbocycles. The second-order valence-electron chi connectivity index (χ2n) is 6.33. The maximum absolute atomic E-state index is 12.7. The van der Waals surface area contributed by atoms with Gasteiger partial charge in [-0.15, -0.1) is 0 Å². The number of carbonyl (C=O) groups is 1. The number of hydrogen-bond acceptors (Lipinski definition) is 6. The molecule has 9 heteroatoms. The highest BCUT2D eigenvalue weighted by atomic mass is 32.2. The van der Waals surface area contributed by atoms with E-state index < -0.39 is 9.84 Å². The quantitative estimate of drug-likeness (QED) is 0.738. The van der Waals surface area contributed by atoms with Crippen LogP contribution in [-0.4, -0.2) is 82.4 Å². The molecule has 2 fully saturated rings. The standard InChI is InChI=1S/C15H19N5O3S/c21-15(13-10-17-20-4-1-3-16-14(13)20)19-7-5-18(6-8-19)12-2-9-24(22,23)11-12/h1,3-4,10,12H,2,5-9,11H2/t12-/m0/s1. The molecule has 24 heavy (non-hydrogen) atoms. The minimum absolute atomic E-state index is 0.0672. The Morgan fingerprint density at radius 2 is 2.00 bits per heavy atom. The highest BCUT2D eigenvalue weighted by Gasteiger charge is 2.34. The molecule has 0 radical (unpaired) electrons. The molecule has 4 heterocycles. The van der Waals surface area contributed by atoms with Crippen LogP contribution in [0.1, 0.15) is 16.8 Å². The van der Waals surface area contributed by atoms with Gasteiger partial charge in [-0.05, 0) is 12.5 Å². The van der Waals surface area contributed by atoms with E-state index in [4.69, 9.17) is 0 Å². The molecule has 0 unspecified atom stereocenters. The molecule has 4 rings (SSSR count). The molecule has 0 spiro atoms. The third kappa shape index (κ3) is 2.78. The molecule has 2 aromatic heterocycles. The molecule has 0 N–H and O–H groups in total. The molecule has 1 atom stereocenters. The summed E-state index contributed by atoms with van der Waals surface area (Å²) in [5, 5.41) is 4.16. The van der Waals surface area contributed by atoms with Gasteiger partial charge in [0, 0.05) is 44.6 Å². The summed E-state index contributed by atoms with van der Waals surface area (Å²) in [5.41, 5.74) is 1.07. The zero-order chi connectivity index (χ0) is 16.7. The second-order valence-corrected chi connectivity index (χ2v) is 8.56. The molecule has 2 saturated heterocycles. The number of aromatic nitrogens is 3. The Labute approximate surface area is 140 Å². The van der Waals surface area contributed by atoms with E-state index in [-0.39, 0.29) is 23.5 Å². The fraction of sp³-hybridized carbons (Fsp3) is 0.533. The van der Waals surface area contributed by atoms with Crippen molar-refractivity contribution >= 4 is 21.4 Å². The van der Waals surface area contributed by atoms with Crippen molar-refractivity contribution in [1.82, 2.24) is 24.4 Å². The average Bonchev–Trinajstić information content (AvgIpc) is 3.17. The number of nitrogens with zero attached hydrogens (tertiary/aromatic N) is 5. The fourth-order valence-electron chi connectivity index (χ4n) is 3.50. The maximum atomic E-state index is 12.7. The van der Waals surface area contributed by atoms with E-state index in [0.717, 1.165) is 0 Å². The van der Waals surface area contributed by atoms with Crippen molar-refractivity contribution in [2.45, 2.75) is 12.5 Å². The monoisotopic (exact) mass is 349 g/mol. The van der Waals surface area contributed by atoms with Crippen LogP contribution in [0.4, 0.5) is 0 Å². The fourth-order valence-corrected chi connectivity index (χ4v) is 5.26. The molecule has 2 aliphatic rings. The van der Waals surface area contributed by atoms with Crippen molar-refractivity contribution in [1.29, 1.82) is 0 Å². The van der Waals surface area contributed by atoms with Crippen molar-refractivity contribution in [2.75, 3.05) is 37.7 Å². The van der Waals surface area contributed by atoms with Gasteiger partial charge in [-0.25, -0.2) is 17.9 Å². The molecule has 8 nitrogen and oxygen atoms in total. The number of sulfone groups is 1. The van der Waals surface area contributed by atoms with Gasteiger partial charge >= 0.3 is 0 Å². The highest BCUT2D eigenvalue weighted by molar-refractivity contribution is 7.91. The van der Waals surface area contributed by atoms with E-state index in [0.29, 0.717) is 43.8 Å². The van der Waals surface area contributed by atoms with Gasteiger partial charge in [-0.2, -0.15) is 5.10 Å². The van der Waals surface area contributed by atoms with E-state index >= 15 is 0 Å². The molecule has 2 aromatic rings. The zero-order valence-corrected chi connectivity index (χ0v) is 14.0. The Hall–Kier alpha value is -2.00. The highest BCUT2D eigenvalue weighted by Crippen LogP contribution is 2.20. The predicted octanol–water partition coefficient (Wildman–Crippen LogP) is -0.326. The lowest BCUT2D eigenvalue weighted by molar-refractivity contribution is 0.0589. The van der Waals surface area contributed by atoms with Crippen LogP contribution in [0.15, 0.2) is 24.7 Å². The van der Waals surface area contributed by atoms with Crippen LogP contribution in [-0.2, 0) is 9.84 Å². The summed E-state index contributed by atoms with van der Waals surface area (Å²) in [6.45, 7) is 2.61. The smallest absolute Gasteiger partial charge is 0.259 e. The van der Waals surface area contributed by atoms with Gasteiger partial charge in [0.05, 0.1) is 17.7 Å². The van der Waals surface area contributed by atoms with Gasteiger partial charge in [0.15, 0.2) is 15.5 Å². The van der Waals surface area contributed by atoms with E-state index in [1.807, 2.05) is 0 Å². The van der Waals surface area contributed by atoms with Crippen LogP contribution in [0.25, 0.3) is 5.65 Å². The lowest BCUT2D eigenvalue weighted by Crippen LogP contribution is -2.52. The van der Waals surface area contributed by atoms with Crippen molar-refractivity contribution < 1.29 is 13.2 Å². The Balaban J connectivity index is 1.43. The Morgan fingerprint density at radius 1 is 1.21 bits per heavy atom. The summed E-state index contributed by atoms with van der Waals surface area (Å²) in [6, 6.07) is 1.87. The molecule has 2 aliphatic heterocycles. The summed E-state index contributed by atoms with van der Waals surface area (Å²) in [7, 11) is -2.88. The molecule has 0 aliphatic carbocycles. The van der Waals surface area contributed by atoms with Crippen molar-refractivity contribution in [3.8, 4) is 0 Å². The van der Waals surface area contributed by atoms with E-state index in [2.05, 4.69) is 15.0 Å². The van der Waals surface area contributed by atoms with Gasteiger partial charge in [-0.1, -0.05) is 0 Å². The van der Waals surface area contributed by atoms with Crippen LogP contribution in [0, 0.1) is 0 Å². The van der Waals surface area contributed by atoms with Crippen LogP contribution in [0.3, 0.4) is 0 Å². The predicted molar refractivity (Wildman–Crippen MR) is 87.5 cm³/mol. The van der Waals surface area contributed by atoms with Gasteiger partial charge < -0.3 is 4.90 Å². The second kappa shape index (κ2) is 5.82. The number of hydrogen-bond donors (Lipinski definition) is 0. The first-order valence-electron chi connectivity index (χ1n) is 8.06. The maximum Gasteiger partial charge on any atom is 0.259 e. The number of amides is 1. The third-order valence-electron chi connectivity index (χ3n) is 4.84. The Bertz CT molecular complexity index is 870. The van der Waals surface area contributed by atoms with Crippen LogP contribution < -0.4 is 0 Å².